The maximum atomic E-state index is 14.1. The lowest BCUT2D eigenvalue weighted by atomic mass is 9.73. The van der Waals surface area contributed by atoms with Crippen molar-refractivity contribution in [2.45, 2.75) is 80.4 Å². The monoisotopic (exact) mass is 597 g/mol. The van der Waals surface area contributed by atoms with Crippen LogP contribution < -0.4 is 0 Å². The van der Waals surface area contributed by atoms with Gasteiger partial charge >= 0.3 is 0 Å². The molecular weight excluding hydrogens is 550 g/mol. The van der Waals surface area contributed by atoms with Crippen LogP contribution in [-0.2, 0) is 9.59 Å². The Hall–Kier alpha value is -3.55. The van der Waals surface area contributed by atoms with Crippen molar-refractivity contribution in [1.29, 1.82) is 0 Å². The van der Waals surface area contributed by atoms with Crippen molar-refractivity contribution in [3.63, 3.8) is 0 Å². The second-order valence-electron chi connectivity index (χ2n) is 12.7. The SMILES string of the molecule is CCC(C1C=CC=C(c2nc(C3=CC=CC(C(CC)C(C)C(C)O)C3=O)nc(-c3ccc(C)cc3C)n2)C1=O)C(C)C(C)O. The fraction of sp³-hybridized carbons (Fsp3) is 0.486. The molecule has 8 atom stereocenters. The summed E-state index contributed by atoms with van der Waals surface area (Å²) < 4.78 is 0. The van der Waals surface area contributed by atoms with Gasteiger partial charge < -0.3 is 10.2 Å². The third-order valence-electron chi connectivity index (χ3n) is 9.78. The Labute approximate surface area is 262 Å². The van der Waals surface area contributed by atoms with Gasteiger partial charge in [-0.3, -0.25) is 9.59 Å². The van der Waals surface area contributed by atoms with E-state index in [0.29, 0.717) is 17.0 Å². The molecule has 0 bridgehead atoms. The predicted octanol–water partition coefficient (Wildman–Crippen LogP) is 6.52. The number of hydrogen-bond donors (Lipinski definition) is 2. The zero-order valence-corrected chi connectivity index (χ0v) is 27.3. The standard InChI is InChI=1S/C37H47N3O4/c1-9-26(22(5)24(7)41)29-13-11-15-31(33(29)43)36-38-35(28-18-17-20(3)19-21(28)4)39-37(40-36)32-16-12-14-30(34(32)44)27(10-2)23(6)25(8)42/h11-19,22-27,29-30,41-42H,9-10H2,1-8H3. The average Bonchev–Trinajstić information content (AvgIpc) is 2.99. The van der Waals surface area contributed by atoms with Gasteiger partial charge in [-0.25, -0.2) is 15.0 Å². The Morgan fingerprint density at radius 1 is 0.705 bits per heavy atom. The molecule has 2 aromatic rings. The molecule has 8 unspecified atom stereocenters. The first-order valence-electron chi connectivity index (χ1n) is 15.9. The van der Waals surface area contributed by atoms with E-state index in [4.69, 9.17) is 15.0 Å². The normalized spacial score (nSPS) is 22.6. The second-order valence-corrected chi connectivity index (χ2v) is 12.7. The third-order valence-corrected chi connectivity index (χ3v) is 9.78. The van der Waals surface area contributed by atoms with Crippen molar-refractivity contribution in [2.24, 2.45) is 35.5 Å². The molecule has 0 fully saturated rings. The van der Waals surface area contributed by atoms with E-state index in [9.17, 15) is 19.8 Å². The van der Waals surface area contributed by atoms with E-state index in [1.807, 2.05) is 78.0 Å². The summed E-state index contributed by atoms with van der Waals surface area (Å²) in [5.41, 5.74) is 3.62. The highest BCUT2D eigenvalue weighted by Crippen LogP contribution is 2.37. The summed E-state index contributed by atoms with van der Waals surface area (Å²) in [5.74, 6) is -0.478. The number of hydrogen-bond acceptors (Lipinski definition) is 7. The molecule has 0 radical (unpaired) electrons. The van der Waals surface area contributed by atoms with Gasteiger partial charge in [-0.2, -0.15) is 0 Å². The molecule has 4 rings (SSSR count). The van der Waals surface area contributed by atoms with E-state index in [-0.39, 0.29) is 46.9 Å². The molecule has 0 saturated heterocycles. The van der Waals surface area contributed by atoms with E-state index in [2.05, 4.69) is 6.07 Å². The number of nitrogens with zero attached hydrogens (tertiary/aromatic N) is 3. The quantitative estimate of drug-likeness (QED) is 0.303. The Balaban J connectivity index is 1.83. The van der Waals surface area contributed by atoms with E-state index in [0.717, 1.165) is 29.5 Å². The molecule has 0 amide bonds. The molecule has 0 aliphatic heterocycles. The van der Waals surface area contributed by atoms with E-state index < -0.39 is 24.0 Å². The highest BCUT2D eigenvalue weighted by Gasteiger charge is 2.37. The van der Waals surface area contributed by atoms with Crippen LogP contribution in [0.1, 0.15) is 77.2 Å². The molecule has 0 spiro atoms. The summed E-state index contributed by atoms with van der Waals surface area (Å²) in [5, 5.41) is 20.7. The maximum absolute atomic E-state index is 14.1. The van der Waals surface area contributed by atoms with Gasteiger partial charge in [-0.15, -0.1) is 0 Å². The Kier molecular flexibility index (Phi) is 10.6. The van der Waals surface area contributed by atoms with Crippen LogP contribution in [0.2, 0.25) is 0 Å². The van der Waals surface area contributed by atoms with Crippen molar-refractivity contribution >= 4 is 22.7 Å². The Morgan fingerprint density at radius 2 is 1.14 bits per heavy atom. The molecular formula is C37H47N3O4. The summed E-state index contributed by atoms with van der Waals surface area (Å²) in [4.78, 5) is 42.6. The second kappa shape index (κ2) is 14.0. The molecule has 2 N–H and O–H groups in total. The van der Waals surface area contributed by atoms with Crippen molar-refractivity contribution < 1.29 is 19.8 Å². The summed E-state index contributed by atoms with van der Waals surface area (Å²) in [7, 11) is 0. The smallest absolute Gasteiger partial charge is 0.173 e. The number of aromatic nitrogens is 3. The fourth-order valence-electron chi connectivity index (χ4n) is 6.71. The van der Waals surface area contributed by atoms with Gasteiger partial charge in [0.25, 0.3) is 0 Å². The molecule has 2 aliphatic rings. The van der Waals surface area contributed by atoms with Crippen molar-refractivity contribution in [1.82, 2.24) is 15.0 Å². The Bertz CT molecular complexity index is 1430. The zero-order chi connectivity index (χ0) is 32.3. The van der Waals surface area contributed by atoms with Crippen molar-refractivity contribution in [3.8, 4) is 11.4 Å². The van der Waals surface area contributed by atoms with Crippen molar-refractivity contribution in [2.75, 3.05) is 0 Å². The third kappa shape index (κ3) is 6.74. The van der Waals surface area contributed by atoms with Gasteiger partial charge in [-0.1, -0.05) is 88.6 Å². The summed E-state index contributed by atoms with van der Waals surface area (Å²) in [6.07, 6.45) is 11.4. The van der Waals surface area contributed by atoms with Crippen LogP contribution in [0.25, 0.3) is 22.5 Å². The number of carbonyl (C=O) groups excluding carboxylic acids is 2. The first-order valence-corrected chi connectivity index (χ1v) is 15.9. The van der Waals surface area contributed by atoms with E-state index >= 15 is 0 Å². The average molecular weight is 598 g/mol. The molecule has 1 aromatic carbocycles. The Morgan fingerprint density at radius 3 is 1.52 bits per heavy atom. The van der Waals surface area contributed by atoms with Gasteiger partial charge in [-0.05, 0) is 69.1 Å². The minimum atomic E-state index is -0.552. The number of aliphatic hydroxyl groups excluding tert-OH is 2. The topological polar surface area (TPSA) is 113 Å². The summed E-state index contributed by atoms with van der Waals surface area (Å²) in [6.45, 7) is 15.6. The predicted molar refractivity (Wildman–Crippen MR) is 175 cm³/mol. The minimum absolute atomic E-state index is 0.0574. The molecule has 7 nitrogen and oxygen atoms in total. The lowest BCUT2D eigenvalue weighted by molar-refractivity contribution is -0.119. The maximum Gasteiger partial charge on any atom is 0.173 e. The largest absolute Gasteiger partial charge is 0.393 e. The molecule has 7 heteroatoms. The van der Waals surface area contributed by atoms with Gasteiger partial charge in [0.05, 0.1) is 23.4 Å². The number of carbonyl (C=O) groups is 2. The highest BCUT2D eigenvalue weighted by atomic mass is 16.3. The number of allylic oxidation sites excluding steroid dienone is 8. The van der Waals surface area contributed by atoms with Crippen LogP contribution >= 0.6 is 0 Å². The molecule has 1 heterocycles. The van der Waals surface area contributed by atoms with Crippen LogP contribution in [0.5, 0.6) is 0 Å². The van der Waals surface area contributed by atoms with Gasteiger partial charge in [0.15, 0.2) is 29.0 Å². The van der Waals surface area contributed by atoms with Gasteiger partial charge in [0.1, 0.15) is 0 Å². The van der Waals surface area contributed by atoms with Crippen LogP contribution in [0, 0.1) is 49.4 Å². The van der Waals surface area contributed by atoms with Crippen molar-refractivity contribution in [3.05, 3.63) is 77.4 Å². The summed E-state index contributed by atoms with van der Waals surface area (Å²) >= 11 is 0. The lowest BCUT2D eigenvalue weighted by Crippen LogP contribution is -2.34. The number of Topliss-reactive ketones (excluding diaryl/α,β-unsaturated/α-hetero) is 2. The number of ketones is 2. The first kappa shape index (κ1) is 33.3. The molecule has 2 aliphatic carbocycles. The number of benzene rings is 1. The molecule has 234 valence electrons. The molecule has 44 heavy (non-hydrogen) atoms. The van der Waals surface area contributed by atoms with Crippen LogP contribution in [0.15, 0.2) is 54.7 Å². The zero-order valence-electron chi connectivity index (χ0n) is 27.3. The van der Waals surface area contributed by atoms with E-state index in [1.165, 1.54) is 0 Å². The van der Waals surface area contributed by atoms with Crippen LogP contribution in [0.4, 0.5) is 0 Å². The van der Waals surface area contributed by atoms with Crippen LogP contribution in [-0.4, -0.2) is 48.9 Å². The van der Waals surface area contributed by atoms with Gasteiger partial charge in [0, 0.05) is 17.4 Å². The van der Waals surface area contributed by atoms with E-state index in [1.54, 1.807) is 26.0 Å². The highest BCUT2D eigenvalue weighted by molar-refractivity contribution is 6.24. The number of rotatable bonds is 11. The fourth-order valence-corrected chi connectivity index (χ4v) is 6.71. The minimum Gasteiger partial charge on any atom is -0.393 e. The molecule has 1 aromatic heterocycles. The van der Waals surface area contributed by atoms with Gasteiger partial charge in [0.2, 0.25) is 0 Å². The first-order chi connectivity index (χ1) is 20.9. The lowest BCUT2D eigenvalue weighted by Gasteiger charge is -2.32. The number of aryl methyl sites for hydroxylation is 2. The summed E-state index contributed by atoms with van der Waals surface area (Å²) in [6, 6.07) is 6.01. The number of aliphatic hydroxyl groups is 2. The molecule has 0 saturated carbocycles. The van der Waals surface area contributed by atoms with Crippen LogP contribution in [0.3, 0.4) is 0 Å².